The number of amides is 1. The number of nitrogens with zero attached hydrogens (tertiary/aromatic N) is 1. The minimum Gasteiger partial charge on any atom is -0.366 e. The lowest BCUT2D eigenvalue weighted by atomic mass is 10.1. The quantitative estimate of drug-likeness (QED) is 0.911. The van der Waals surface area contributed by atoms with E-state index < -0.39 is 15.9 Å². The molecule has 2 N–H and O–H groups in total. The molecule has 0 radical (unpaired) electrons. The second kappa shape index (κ2) is 6.52. The average molecular weight is 332 g/mol. The van der Waals surface area contributed by atoms with Crippen molar-refractivity contribution in [3.63, 3.8) is 0 Å². The number of benzene rings is 2. The number of hydrogen-bond acceptors (Lipinski definition) is 3. The number of nitrogens with two attached hydrogens (primary N) is 1. The van der Waals surface area contributed by atoms with Crippen LogP contribution in [0.15, 0.2) is 47.4 Å². The highest BCUT2D eigenvalue weighted by Gasteiger charge is 2.23. The van der Waals surface area contributed by atoms with E-state index in [1.165, 1.54) is 4.31 Å². The highest BCUT2D eigenvalue weighted by atomic mass is 32.2. The standard InChI is InChI=1S/C17H20N2O3S/c1-12-4-5-13(2)16(10-12)23(21,22)19(3)11-14-6-8-15(9-7-14)17(18)20/h4-10H,11H2,1-3H3,(H2,18,20). The van der Waals surface area contributed by atoms with E-state index in [4.69, 9.17) is 5.73 Å². The zero-order chi connectivity index (χ0) is 17.2. The minimum absolute atomic E-state index is 0.217. The normalized spacial score (nSPS) is 11.7. The van der Waals surface area contributed by atoms with E-state index in [9.17, 15) is 13.2 Å². The predicted molar refractivity (Wildman–Crippen MR) is 89.5 cm³/mol. The minimum atomic E-state index is -3.58. The van der Waals surface area contributed by atoms with Crippen LogP contribution in [-0.2, 0) is 16.6 Å². The summed E-state index contributed by atoms with van der Waals surface area (Å²) in [6.07, 6.45) is 0. The van der Waals surface area contributed by atoms with Gasteiger partial charge < -0.3 is 5.73 Å². The van der Waals surface area contributed by atoms with Crippen molar-refractivity contribution in [3.05, 3.63) is 64.7 Å². The molecule has 23 heavy (non-hydrogen) atoms. The molecule has 0 saturated heterocycles. The molecule has 0 spiro atoms. The Morgan fingerprint density at radius 1 is 1.09 bits per heavy atom. The zero-order valence-electron chi connectivity index (χ0n) is 13.4. The second-order valence-electron chi connectivity index (χ2n) is 5.59. The molecule has 2 aromatic carbocycles. The van der Waals surface area contributed by atoms with E-state index in [1.54, 1.807) is 50.4 Å². The van der Waals surface area contributed by atoms with Crippen molar-refractivity contribution in [2.24, 2.45) is 5.73 Å². The molecule has 0 unspecified atom stereocenters. The molecular weight excluding hydrogens is 312 g/mol. The molecule has 6 heteroatoms. The topological polar surface area (TPSA) is 80.5 Å². The van der Waals surface area contributed by atoms with Gasteiger partial charge in [-0.3, -0.25) is 4.79 Å². The van der Waals surface area contributed by atoms with E-state index in [-0.39, 0.29) is 6.54 Å². The third kappa shape index (κ3) is 3.78. The van der Waals surface area contributed by atoms with Gasteiger partial charge in [-0.2, -0.15) is 4.31 Å². The Morgan fingerprint density at radius 2 is 1.70 bits per heavy atom. The molecule has 0 aliphatic carbocycles. The van der Waals surface area contributed by atoms with Gasteiger partial charge >= 0.3 is 0 Å². The lowest BCUT2D eigenvalue weighted by Crippen LogP contribution is -2.27. The summed E-state index contributed by atoms with van der Waals surface area (Å²) in [6, 6.07) is 12.0. The Morgan fingerprint density at radius 3 is 2.26 bits per heavy atom. The number of carbonyl (C=O) groups excluding carboxylic acids is 1. The summed E-state index contributed by atoms with van der Waals surface area (Å²) < 4.78 is 26.8. The van der Waals surface area contributed by atoms with Crippen LogP contribution in [-0.4, -0.2) is 25.7 Å². The number of hydrogen-bond donors (Lipinski definition) is 1. The van der Waals surface area contributed by atoms with Crippen LogP contribution < -0.4 is 5.73 Å². The maximum Gasteiger partial charge on any atom is 0.248 e. The molecule has 0 aliphatic rings. The van der Waals surface area contributed by atoms with E-state index in [0.29, 0.717) is 16.0 Å². The number of sulfonamides is 1. The number of aryl methyl sites for hydroxylation is 2. The highest BCUT2D eigenvalue weighted by Crippen LogP contribution is 2.21. The monoisotopic (exact) mass is 332 g/mol. The van der Waals surface area contributed by atoms with Crippen LogP contribution in [0.1, 0.15) is 27.0 Å². The molecule has 0 fully saturated rings. The molecule has 0 aromatic heterocycles. The van der Waals surface area contributed by atoms with E-state index in [1.807, 2.05) is 13.0 Å². The lowest BCUT2D eigenvalue weighted by molar-refractivity contribution is 0.1000. The van der Waals surface area contributed by atoms with Gasteiger partial charge in [-0.1, -0.05) is 24.3 Å². The van der Waals surface area contributed by atoms with Gasteiger partial charge in [0.1, 0.15) is 0 Å². The predicted octanol–water partition coefficient (Wildman–Crippen LogP) is 2.22. The van der Waals surface area contributed by atoms with Gasteiger partial charge in [0.15, 0.2) is 0 Å². The van der Waals surface area contributed by atoms with E-state index in [2.05, 4.69) is 0 Å². The Labute approximate surface area is 136 Å². The molecule has 0 saturated carbocycles. The summed E-state index contributed by atoms with van der Waals surface area (Å²) in [6.45, 7) is 3.86. The van der Waals surface area contributed by atoms with Crippen molar-refractivity contribution < 1.29 is 13.2 Å². The average Bonchev–Trinajstić information content (AvgIpc) is 2.50. The number of rotatable bonds is 5. The molecule has 0 atom stereocenters. The van der Waals surface area contributed by atoms with E-state index >= 15 is 0 Å². The van der Waals surface area contributed by atoms with Crippen LogP contribution in [0.2, 0.25) is 0 Å². The molecule has 2 aromatic rings. The summed E-state index contributed by atoms with van der Waals surface area (Å²) in [4.78, 5) is 11.4. The maximum absolute atomic E-state index is 12.7. The van der Waals surface area contributed by atoms with Crippen LogP contribution in [0.25, 0.3) is 0 Å². The van der Waals surface area contributed by atoms with Crippen LogP contribution in [0.4, 0.5) is 0 Å². The fourth-order valence-corrected chi connectivity index (χ4v) is 3.73. The van der Waals surface area contributed by atoms with Crippen LogP contribution in [0.5, 0.6) is 0 Å². The SMILES string of the molecule is Cc1ccc(C)c(S(=O)(=O)N(C)Cc2ccc(C(N)=O)cc2)c1. The maximum atomic E-state index is 12.7. The largest absolute Gasteiger partial charge is 0.366 e. The lowest BCUT2D eigenvalue weighted by Gasteiger charge is -2.19. The van der Waals surface area contributed by atoms with Gasteiger partial charge in [0, 0.05) is 19.2 Å². The Bertz CT molecular complexity index is 827. The summed E-state index contributed by atoms with van der Waals surface area (Å²) in [5.74, 6) is -0.507. The summed E-state index contributed by atoms with van der Waals surface area (Å²) >= 11 is 0. The molecule has 0 bridgehead atoms. The van der Waals surface area contributed by atoms with Crippen LogP contribution >= 0.6 is 0 Å². The van der Waals surface area contributed by atoms with Gasteiger partial charge in [0.2, 0.25) is 15.9 Å². The summed E-state index contributed by atoms with van der Waals surface area (Å²) in [7, 11) is -2.03. The number of carbonyl (C=O) groups is 1. The summed E-state index contributed by atoms with van der Waals surface area (Å²) in [5.41, 5.74) is 7.99. The first kappa shape index (κ1) is 17.2. The van der Waals surface area contributed by atoms with Crippen LogP contribution in [0, 0.1) is 13.8 Å². The van der Waals surface area contributed by atoms with Gasteiger partial charge in [-0.25, -0.2) is 8.42 Å². The first-order chi connectivity index (χ1) is 10.7. The van der Waals surface area contributed by atoms with E-state index in [0.717, 1.165) is 11.1 Å². The summed E-state index contributed by atoms with van der Waals surface area (Å²) in [5, 5.41) is 0. The van der Waals surface area contributed by atoms with Crippen LogP contribution in [0.3, 0.4) is 0 Å². The highest BCUT2D eigenvalue weighted by molar-refractivity contribution is 7.89. The van der Waals surface area contributed by atoms with Crippen molar-refractivity contribution >= 4 is 15.9 Å². The Kier molecular flexibility index (Phi) is 4.87. The molecule has 1 amide bonds. The van der Waals surface area contributed by atoms with Crippen molar-refractivity contribution in [3.8, 4) is 0 Å². The molecule has 5 nitrogen and oxygen atoms in total. The molecule has 2 rings (SSSR count). The molecule has 0 heterocycles. The van der Waals surface area contributed by atoms with Crippen molar-refractivity contribution in [2.45, 2.75) is 25.3 Å². The van der Waals surface area contributed by atoms with Gasteiger partial charge in [-0.05, 0) is 48.7 Å². The fourth-order valence-electron chi connectivity index (χ4n) is 2.27. The van der Waals surface area contributed by atoms with Gasteiger partial charge in [0.05, 0.1) is 4.90 Å². The third-order valence-electron chi connectivity index (χ3n) is 3.68. The number of primary amides is 1. The van der Waals surface area contributed by atoms with Crippen molar-refractivity contribution in [1.29, 1.82) is 0 Å². The van der Waals surface area contributed by atoms with Gasteiger partial charge in [0.25, 0.3) is 0 Å². The van der Waals surface area contributed by atoms with Crippen molar-refractivity contribution in [1.82, 2.24) is 4.31 Å². The van der Waals surface area contributed by atoms with Gasteiger partial charge in [-0.15, -0.1) is 0 Å². The van der Waals surface area contributed by atoms with Crippen molar-refractivity contribution in [2.75, 3.05) is 7.05 Å². The zero-order valence-corrected chi connectivity index (χ0v) is 14.2. The molecule has 122 valence electrons. The fraction of sp³-hybridized carbons (Fsp3) is 0.235. The smallest absolute Gasteiger partial charge is 0.248 e. The molecule has 0 aliphatic heterocycles. The Hall–Kier alpha value is -2.18. The first-order valence-electron chi connectivity index (χ1n) is 7.14. The Balaban J connectivity index is 2.26. The first-order valence-corrected chi connectivity index (χ1v) is 8.58. The second-order valence-corrected chi connectivity index (χ2v) is 7.60. The third-order valence-corrected chi connectivity index (χ3v) is 5.62. The molecular formula is C17H20N2O3S.